The molecular weight excluding hydrogens is 240 g/mol. The quantitative estimate of drug-likeness (QED) is 0.509. The van der Waals surface area contributed by atoms with Crippen molar-refractivity contribution in [3.05, 3.63) is 0 Å². The fourth-order valence-corrected chi connectivity index (χ4v) is 5.45. The Labute approximate surface area is 127 Å². The summed E-state index contributed by atoms with van der Waals surface area (Å²) in [4.78, 5) is 0. The van der Waals surface area contributed by atoms with Crippen LogP contribution in [0.15, 0.2) is 0 Å². The van der Waals surface area contributed by atoms with Gasteiger partial charge in [0.2, 0.25) is 0 Å². The molecule has 0 radical (unpaired) electrons. The first-order chi connectivity index (χ1) is 9.72. The SMILES string of the molecule is CC1CCCC(C2CCC(C)CC(C3CCC3)C2)CC1. The Bertz CT molecular complexity index is 290. The van der Waals surface area contributed by atoms with Crippen molar-refractivity contribution in [1.29, 1.82) is 0 Å². The van der Waals surface area contributed by atoms with Crippen molar-refractivity contribution in [2.24, 2.45) is 35.5 Å². The van der Waals surface area contributed by atoms with Crippen molar-refractivity contribution in [3.8, 4) is 0 Å². The lowest BCUT2D eigenvalue weighted by Gasteiger charge is -2.37. The maximum atomic E-state index is 2.53. The molecule has 116 valence electrons. The minimum Gasteiger partial charge on any atom is -0.0625 e. The molecule has 0 heterocycles. The maximum Gasteiger partial charge on any atom is -0.0381 e. The molecule has 0 aliphatic heterocycles. The van der Waals surface area contributed by atoms with Crippen LogP contribution < -0.4 is 0 Å². The highest BCUT2D eigenvalue weighted by molar-refractivity contribution is 4.86. The van der Waals surface area contributed by atoms with Gasteiger partial charge in [0, 0.05) is 0 Å². The van der Waals surface area contributed by atoms with Crippen LogP contribution in [0, 0.1) is 35.5 Å². The monoisotopic (exact) mass is 276 g/mol. The van der Waals surface area contributed by atoms with Crippen LogP contribution in [0.25, 0.3) is 0 Å². The van der Waals surface area contributed by atoms with Gasteiger partial charge < -0.3 is 0 Å². The predicted octanol–water partition coefficient (Wildman–Crippen LogP) is 6.45. The van der Waals surface area contributed by atoms with E-state index in [2.05, 4.69) is 13.8 Å². The fourth-order valence-electron chi connectivity index (χ4n) is 5.45. The molecule has 3 fully saturated rings. The van der Waals surface area contributed by atoms with Crippen LogP contribution in [-0.2, 0) is 0 Å². The number of rotatable bonds is 2. The third-order valence-corrected chi connectivity index (χ3v) is 7.13. The van der Waals surface area contributed by atoms with E-state index in [1.165, 1.54) is 32.1 Å². The molecule has 0 amide bonds. The number of hydrogen-bond acceptors (Lipinski definition) is 0. The van der Waals surface area contributed by atoms with Crippen molar-refractivity contribution >= 4 is 0 Å². The van der Waals surface area contributed by atoms with Crippen LogP contribution in [0.3, 0.4) is 0 Å². The van der Waals surface area contributed by atoms with Gasteiger partial charge in [-0.25, -0.2) is 0 Å². The maximum absolute atomic E-state index is 2.53. The third kappa shape index (κ3) is 3.60. The highest BCUT2D eigenvalue weighted by Crippen LogP contribution is 2.46. The van der Waals surface area contributed by atoms with Crippen LogP contribution in [0.5, 0.6) is 0 Å². The van der Waals surface area contributed by atoms with Crippen molar-refractivity contribution in [1.82, 2.24) is 0 Å². The molecule has 3 saturated carbocycles. The largest absolute Gasteiger partial charge is 0.0625 e. The van der Waals surface area contributed by atoms with Crippen molar-refractivity contribution < 1.29 is 0 Å². The van der Waals surface area contributed by atoms with Crippen LogP contribution >= 0.6 is 0 Å². The van der Waals surface area contributed by atoms with Crippen LogP contribution in [-0.4, -0.2) is 0 Å². The van der Waals surface area contributed by atoms with Gasteiger partial charge in [-0.2, -0.15) is 0 Å². The Balaban J connectivity index is 1.61. The minimum atomic E-state index is 1.01. The molecule has 0 N–H and O–H groups in total. The molecule has 0 nitrogen and oxygen atoms in total. The van der Waals surface area contributed by atoms with Gasteiger partial charge in [-0.3, -0.25) is 0 Å². The first-order valence-corrected chi connectivity index (χ1v) is 9.72. The van der Waals surface area contributed by atoms with Gasteiger partial charge in [0.1, 0.15) is 0 Å². The van der Waals surface area contributed by atoms with E-state index in [1.54, 1.807) is 44.9 Å². The van der Waals surface area contributed by atoms with E-state index in [4.69, 9.17) is 0 Å². The van der Waals surface area contributed by atoms with E-state index in [1.807, 2.05) is 0 Å². The summed E-state index contributed by atoms with van der Waals surface area (Å²) in [5, 5.41) is 0. The molecule has 0 aromatic heterocycles. The molecule has 5 unspecified atom stereocenters. The van der Waals surface area contributed by atoms with Crippen LogP contribution in [0.4, 0.5) is 0 Å². The Kier molecular flexibility index (Phi) is 5.10. The first kappa shape index (κ1) is 14.9. The lowest BCUT2D eigenvalue weighted by atomic mass is 9.69. The third-order valence-electron chi connectivity index (χ3n) is 7.13. The second-order valence-corrected chi connectivity index (χ2v) is 8.74. The van der Waals surface area contributed by atoms with Gasteiger partial charge in [-0.05, 0) is 61.2 Å². The summed E-state index contributed by atoms with van der Waals surface area (Å²) in [6.07, 6.45) is 18.6. The average Bonchev–Trinajstić information content (AvgIpc) is 2.66. The topological polar surface area (TPSA) is 0 Å². The lowest BCUT2D eigenvalue weighted by molar-refractivity contribution is 0.144. The summed E-state index contributed by atoms with van der Waals surface area (Å²) >= 11 is 0. The molecule has 0 heteroatoms. The zero-order valence-corrected chi connectivity index (χ0v) is 13.9. The molecule has 20 heavy (non-hydrogen) atoms. The normalized spacial score (nSPS) is 44.4. The van der Waals surface area contributed by atoms with Gasteiger partial charge in [-0.15, -0.1) is 0 Å². The molecular formula is C20H36. The zero-order chi connectivity index (χ0) is 13.9. The molecule has 0 aromatic rings. The van der Waals surface area contributed by atoms with Gasteiger partial charge in [0.25, 0.3) is 0 Å². The Morgan fingerprint density at radius 3 is 1.80 bits per heavy atom. The van der Waals surface area contributed by atoms with Gasteiger partial charge >= 0.3 is 0 Å². The summed E-state index contributed by atoms with van der Waals surface area (Å²) in [6, 6.07) is 0. The second-order valence-electron chi connectivity index (χ2n) is 8.74. The van der Waals surface area contributed by atoms with E-state index in [-0.39, 0.29) is 0 Å². The second kappa shape index (κ2) is 6.84. The van der Waals surface area contributed by atoms with E-state index >= 15 is 0 Å². The summed E-state index contributed by atoms with van der Waals surface area (Å²) < 4.78 is 0. The molecule has 0 aromatic carbocycles. The van der Waals surface area contributed by atoms with E-state index in [9.17, 15) is 0 Å². The van der Waals surface area contributed by atoms with Crippen molar-refractivity contribution in [2.75, 3.05) is 0 Å². The highest BCUT2D eigenvalue weighted by atomic mass is 14.4. The number of hydrogen-bond donors (Lipinski definition) is 0. The smallest absolute Gasteiger partial charge is 0.0381 e. The summed E-state index contributed by atoms with van der Waals surface area (Å²) in [6.45, 7) is 5.01. The summed E-state index contributed by atoms with van der Waals surface area (Å²) in [7, 11) is 0. The van der Waals surface area contributed by atoms with Crippen molar-refractivity contribution in [2.45, 2.75) is 90.9 Å². The average molecular weight is 277 g/mol. The van der Waals surface area contributed by atoms with Crippen LogP contribution in [0.1, 0.15) is 90.9 Å². The minimum absolute atomic E-state index is 1.01. The van der Waals surface area contributed by atoms with Crippen molar-refractivity contribution in [3.63, 3.8) is 0 Å². The van der Waals surface area contributed by atoms with Gasteiger partial charge in [-0.1, -0.05) is 65.2 Å². The Hall–Kier alpha value is 0. The lowest BCUT2D eigenvalue weighted by Crippen LogP contribution is -2.26. The summed E-state index contributed by atoms with van der Waals surface area (Å²) in [5.41, 5.74) is 0. The van der Waals surface area contributed by atoms with Gasteiger partial charge in [0.15, 0.2) is 0 Å². The molecule has 0 bridgehead atoms. The molecule has 3 aliphatic carbocycles. The standard InChI is InChI=1S/C20H36/c1-15-5-3-6-18(11-9-15)19-12-10-16(2)13-20(14-19)17-7-4-8-17/h15-20H,3-14H2,1-2H3. The van der Waals surface area contributed by atoms with E-state index in [0.717, 1.165) is 35.5 Å². The Morgan fingerprint density at radius 2 is 1.05 bits per heavy atom. The molecule has 3 rings (SSSR count). The molecule has 0 saturated heterocycles. The Morgan fingerprint density at radius 1 is 0.450 bits per heavy atom. The van der Waals surface area contributed by atoms with Crippen LogP contribution in [0.2, 0.25) is 0 Å². The zero-order valence-electron chi connectivity index (χ0n) is 13.9. The molecule has 5 atom stereocenters. The molecule has 0 spiro atoms. The molecule has 3 aliphatic rings. The van der Waals surface area contributed by atoms with E-state index in [0.29, 0.717) is 0 Å². The first-order valence-electron chi connectivity index (χ1n) is 9.72. The predicted molar refractivity (Wildman–Crippen MR) is 87.7 cm³/mol. The summed E-state index contributed by atoms with van der Waals surface area (Å²) in [5.74, 6) is 6.43. The fraction of sp³-hybridized carbons (Fsp3) is 1.00. The highest BCUT2D eigenvalue weighted by Gasteiger charge is 2.35. The van der Waals surface area contributed by atoms with Gasteiger partial charge in [0.05, 0.1) is 0 Å². The van der Waals surface area contributed by atoms with E-state index < -0.39 is 0 Å².